The quantitative estimate of drug-likeness (QED) is 0.706. The number of benzene rings is 2. The highest BCUT2D eigenvalue weighted by molar-refractivity contribution is 5.87. The standard InChI is InChI=1S/C15H12N2O/c1-10-14(16-9-17-15(10)18)13-7-6-11-4-2-3-5-12(11)8-13/h2-9H,1H3,(H,16,17,18). The summed E-state index contributed by atoms with van der Waals surface area (Å²) in [6, 6.07) is 14.2. The van der Waals surface area contributed by atoms with E-state index >= 15 is 0 Å². The Bertz CT molecular complexity index is 775. The van der Waals surface area contributed by atoms with Crippen LogP contribution in [0.5, 0.6) is 0 Å². The predicted molar refractivity (Wildman–Crippen MR) is 72.5 cm³/mol. The predicted octanol–water partition coefficient (Wildman–Crippen LogP) is 2.90. The van der Waals surface area contributed by atoms with Gasteiger partial charge >= 0.3 is 0 Å². The maximum atomic E-state index is 11.6. The summed E-state index contributed by atoms with van der Waals surface area (Å²) in [5.74, 6) is 0. The fraction of sp³-hybridized carbons (Fsp3) is 0.0667. The van der Waals surface area contributed by atoms with Gasteiger partial charge in [0.2, 0.25) is 0 Å². The molecule has 0 amide bonds. The number of nitrogens with zero attached hydrogens (tertiary/aromatic N) is 1. The highest BCUT2D eigenvalue weighted by Crippen LogP contribution is 2.23. The topological polar surface area (TPSA) is 45.8 Å². The molecule has 0 spiro atoms. The number of rotatable bonds is 1. The van der Waals surface area contributed by atoms with E-state index in [0.717, 1.165) is 16.6 Å². The average Bonchev–Trinajstić information content (AvgIpc) is 2.41. The summed E-state index contributed by atoms with van der Waals surface area (Å²) in [6.07, 6.45) is 1.44. The number of H-pyrrole nitrogens is 1. The van der Waals surface area contributed by atoms with E-state index in [0.29, 0.717) is 5.56 Å². The normalized spacial score (nSPS) is 10.7. The number of hydrogen-bond acceptors (Lipinski definition) is 2. The highest BCUT2D eigenvalue weighted by Gasteiger charge is 2.06. The zero-order valence-electron chi connectivity index (χ0n) is 9.97. The Balaban J connectivity index is 2.26. The van der Waals surface area contributed by atoms with Crippen molar-refractivity contribution in [2.75, 3.05) is 0 Å². The molecule has 3 heteroatoms. The molecule has 3 aromatic rings. The molecule has 88 valence electrons. The van der Waals surface area contributed by atoms with Crippen molar-refractivity contribution in [3.8, 4) is 11.3 Å². The van der Waals surface area contributed by atoms with Crippen LogP contribution in [0.4, 0.5) is 0 Å². The van der Waals surface area contributed by atoms with Gasteiger partial charge in [-0.2, -0.15) is 0 Å². The Kier molecular flexibility index (Phi) is 2.45. The van der Waals surface area contributed by atoms with Crippen molar-refractivity contribution in [3.63, 3.8) is 0 Å². The molecule has 3 rings (SSSR count). The summed E-state index contributed by atoms with van der Waals surface area (Å²) in [6.45, 7) is 1.79. The number of hydrogen-bond donors (Lipinski definition) is 1. The Labute approximate surface area is 104 Å². The van der Waals surface area contributed by atoms with Crippen LogP contribution in [0.15, 0.2) is 53.6 Å². The van der Waals surface area contributed by atoms with Crippen LogP contribution in [-0.2, 0) is 0 Å². The Morgan fingerprint density at radius 2 is 1.83 bits per heavy atom. The third kappa shape index (κ3) is 1.70. The van der Waals surface area contributed by atoms with E-state index in [2.05, 4.69) is 28.2 Å². The van der Waals surface area contributed by atoms with Gasteiger partial charge in [0.1, 0.15) is 0 Å². The van der Waals surface area contributed by atoms with E-state index in [1.807, 2.05) is 24.3 Å². The van der Waals surface area contributed by atoms with Gasteiger partial charge < -0.3 is 4.98 Å². The molecule has 0 saturated heterocycles. The second-order valence-electron chi connectivity index (χ2n) is 4.27. The van der Waals surface area contributed by atoms with Crippen LogP contribution in [0.3, 0.4) is 0 Å². The fourth-order valence-corrected chi connectivity index (χ4v) is 2.10. The molecule has 0 aliphatic rings. The molecule has 0 aliphatic heterocycles. The second-order valence-corrected chi connectivity index (χ2v) is 4.27. The smallest absolute Gasteiger partial charge is 0.254 e. The van der Waals surface area contributed by atoms with Gasteiger partial charge in [-0.3, -0.25) is 4.79 Å². The summed E-state index contributed by atoms with van der Waals surface area (Å²) < 4.78 is 0. The lowest BCUT2D eigenvalue weighted by Crippen LogP contribution is -2.11. The van der Waals surface area contributed by atoms with Gasteiger partial charge in [-0.15, -0.1) is 0 Å². The van der Waals surface area contributed by atoms with E-state index in [1.54, 1.807) is 6.92 Å². The first kappa shape index (κ1) is 10.7. The van der Waals surface area contributed by atoms with Crippen molar-refractivity contribution in [1.82, 2.24) is 9.97 Å². The molecule has 3 nitrogen and oxygen atoms in total. The zero-order valence-corrected chi connectivity index (χ0v) is 9.97. The maximum Gasteiger partial charge on any atom is 0.254 e. The van der Waals surface area contributed by atoms with Crippen LogP contribution in [0.25, 0.3) is 22.0 Å². The fourth-order valence-electron chi connectivity index (χ4n) is 2.10. The van der Waals surface area contributed by atoms with Crippen molar-refractivity contribution >= 4 is 10.8 Å². The molecule has 0 atom stereocenters. The number of fused-ring (bicyclic) bond motifs is 1. The molecule has 1 heterocycles. The second kappa shape index (κ2) is 4.11. The molecule has 18 heavy (non-hydrogen) atoms. The minimum absolute atomic E-state index is 0.0897. The zero-order chi connectivity index (χ0) is 12.5. The lowest BCUT2D eigenvalue weighted by Gasteiger charge is -2.05. The summed E-state index contributed by atoms with van der Waals surface area (Å²) in [5, 5.41) is 2.33. The van der Waals surface area contributed by atoms with Crippen molar-refractivity contribution in [2.45, 2.75) is 6.92 Å². The molecule has 1 N–H and O–H groups in total. The summed E-state index contributed by atoms with van der Waals surface area (Å²) in [5.41, 5.74) is 2.27. The van der Waals surface area contributed by atoms with Gasteiger partial charge in [0.25, 0.3) is 5.56 Å². The van der Waals surface area contributed by atoms with Gasteiger partial charge in [-0.1, -0.05) is 36.4 Å². The molecular formula is C15H12N2O. The van der Waals surface area contributed by atoms with Gasteiger partial charge in [0.05, 0.1) is 12.0 Å². The highest BCUT2D eigenvalue weighted by atomic mass is 16.1. The van der Waals surface area contributed by atoms with E-state index in [4.69, 9.17) is 0 Å². The van der Waals surface area contributed by atoms with E-state index in [1.165, 1.54) is 11.7 Å². The van der Waals surface area contributed by atoms with Gasteiger partial charge in [0, 0.05) is 11.1 Å². The lowest BCUT2D eigenvalue weighted by atomic mass is 10.0. The molecule has 0 aliphatic carbocycles. The first-order valence-corrected chi connectivity index (χ1v) is 5.79. The monoisotopic (exact) mass is 236 g/mol. The minimum atomic E-state index is -0.0897. The molecule has 1 aromatic heterocycles. The van der Waals surface area contributed by atoms with Crippen LogP contribution in [-0.4, -0.2) is 9.97 Å². The molecule has 0 radical (unpaired) electrons. The average molecular weight is 236 g/mol. The summed E-state index contributed by atoms with van der Waals surface area (Å²) in [4.78, 5) is 18.4. The molecule has 0 unspecified atom stereocenters. The third-order valence-corrected chi connectivity index (χ3v) is 3.11. The van der Waals surface area contributed by atoms with Crippen molar-refractivity contribution in [1.29, 1.82) is 0 Å². The van der Waals surface area contributed by atoms with Crippen LogP contribution in [0, 0.1) is 6.92 Å². The van der Waals surface area contributed by atoms with Crippen LogP contribution in [0.1, 0.15) is 5.56 Å². The summed E-state index contributed by atoms with van der Waals surface area (Å²) >= 11 is 0. The van der Waals surface area contributed by atoms with Gasteiger partial charge in [0.15, 0.2) is 0 Å². The maximum absolute atomic E-state index is 11.6. The van der Waals surface area contributed by atoms with E-state index < -0.39 is 0 Å². The molecule has 0 saturated carbocycles. The Hall–Kier alpha value is -2.42. The van der Waals surface area contributed by atoms with Gasteiger partial charge in [-0.05, 0) is 23.8 Å². The minimum Gasteiger partial charge on any atom is -0.313 e. The Morgan fingerprint density at radius 3 is 2.67 bits per heavy atom. The molecule has 0 fully saturated rings. The molecule has 2 aromatic carbocycles. The SMILES string of the molecule is Cc1c(-c2ccc3ccccc3c2)nc[nH]c1=O. The molecular weight excluding hydrogens is 224 g/mol. The largest absolute Gasteiger partial charge is 0.313 e. The molecule has 0 bridgehead atoms. The Morgan fingerprint density at radius 1 is 1.06 bits per heavy atom. The van der Waals surface area contributed by atoms with E-state index in [-0.39, 0.29) is 5.56 Å². The number of aromatic nitrogens is 2. The first-order valence-electron chi connectivity index (χ1n) is 5.79. The summed E-state index contributed by atoms with van der Waals surface area (Å²) in [7, 11) is 0. The van der Waals surface area contributed by atoms with Gasteiger partial charge in [-0.25, -0.2) is 4.98 Å². The van der Waals surface area contributed by atoms with Crippen LogP contribution < -0.4 is 5.56 Å². The van der Waals surface area contributed by atoms with Crippen LogP contribution in [0.2, 0.25) is 0 Å². The van der Waals surface area contributed by atoms with Crippen molar-refractivity contribution < 1.29 is 0 Å². The lowest BCUT2D eigenvalue weighted by molar-refractivity contribution is 1.08. The van der Waals surface area contributed by atoms with Crippen molar-refractivity contribution in [2.24, 2.45) is 0 Å². The van der Waals surface area contributed by atoms with E-state index in [9.17, 15) is 4.79 Å². The van der Waals surface area contributed by atoms with Crippen molar-refractivity contribution in [3.05, 3.63) is 64.7 Å². The van der Waals surface area contributed by atoms with Crippen LogP contribution >= 0.6 is 0 Å². The number of nitrogens with one attached hydrogen (secondary N) is 1. The first-order chi connectivity index (χ1) is 8.75. The third-order valence-electron chi connectivity index (χ3n) is 3.11. The number of aromatic amines is 1.